The maximum atomic E-state index is 12.2. The molecule has 0 spiro atoms. The van der Waals surface area contributed by atoms with Crippen LogP contribution in [0.3, 0.4) is 0 Å². The van der Waals surface area contributed by atoms with E-state index in [9.17, 15) is 9.59 Å². The van der Waals surface area contributed by atoms with E-state index in [2.05, 4.69) is 26.8 Å². The molecule has 0 aliphatic rings. The van der Waals surface area contributed by atoms with Crippen LogP contribution < -0.4 is 15.6 Å². The van der Waals surface area contributed by atoms with Gasteiger partial charge in [0.05, 0.1) is 10.6 Å². The van der Waals surface area contributed by atoms with Gasteiger partial charge in [-0.3, -0.25) is 20.4 Å². The number of halogens is 2. The normalized spacial score (nSPS) is 11.7. The zero-order chi connectivity index (χ0) is 19.4. The van der Waals surface area contributed by atoms with Gasteiger partial charge < -0.3 is 4.74 Å². The SMILES string of the molecule is CC(Oc1ccc2ccccc2c1)C(=O)NNC(=O)c1ccc(Br)cc1Cl. The molecule has 1 atom stereocenters. The van der Waals surface area contributed by atoms with Gasteiger partial charge in [-0.25, -0.2) is 0 Å². The number of carbonyl (C=O) groups is 2. The fraction of sp³-hybridized carbons (Fsp3) is 0.100. The topological polar surface area (TPSA) is 67.4 Å². The van der Waals surface area contributed by atoms with Crippen LogP contribution in [0.15, 0.2) is 65.1 Å². The van der Waals surface area contributed by atoms with Crippen molar-refractivity contribution in [1.82, 2.24) is 10.9 Å². The van der Waals surface area contributed by atoms with Crippen LogP contribution in [0.2, 0.25) is 5.02 Å². The number of benzene rings is 3. The predicted octanol–water partition coefficient (Wildman–Crippen LogP) is 4.48. The molecule has 0 aromatic heterocycles. The molecule has 2 N–H and O–H groups in total. The summed E-state index contributed by atoms with van der Waals surface area (Å²) in [5.41, 5.74) is 4.94. The molecule has 0 saturated heterocycles. The first-order valence-corrected chi connectivity index (χ1v) is 9.32. The third-order valence-corrected chi connectivity index (χ3v) is 4.68. The number of hydrogen-bond donors (Lipinski definition) is 2. The minimum atomic E-state index is -0.799. The minimum Gasteiger partial charge on any atom is -0.481 e. The molecule has 138 valence electrons. The van der Waals surface area contributed by atoms with E-state index in [-0.39, 0.29) is 10.6 Å². The average Bonchev–Trinajstić information content (AvgIpc) is 2.65. The van der Waals surface area contributed by atoms with Gasteiger partial charge in [-0.2, -0.15) is 0 Å². The Bertz CT molecular complexity index is 1010. The highest BCUT2D eigenvalue weighted by Crippen LogP contribution is 2.22. The molecule has 0 fully saturated rings. The second-order valence-corrected chi connectivity index (χ2v) is 7.16. The molecule has 0 radical (unpaired) electrons. The smallest absolute Gasteiger partial charge is 0.279 e. The fourth-order valence-corrected chi connectivity index (χ4v) is 3.22. The maximum Gasteiger partial charge on any atom is 0.279 e. The van der Waals surface area contributed by atoms with Crippen LogP contribution in [0.25, 0.3) is 10.8 Å². The monoisotopic (exact) mass is 446 g/mol. The lowest BCUT2D eigenvalue weighted by Crippen LogP contribution is -2.47. The average molecular weight is 448 g/mol. The van der Waals surface area contributed by atoms with E-state index in [1.807, 2.05) is 36.4 Å². The maximum absolute atomic E-state index is 12.2. The first-order valence-electron chi connectivity index (χ1n) is 8.15. The summed E-state index contributed by atoms with van der Waals surface area (Å²) in [6.07, 6.45) is -0.799. The molecule has 3 aromatic rings. The molecule has 0 bridgehead atoms. The summed E-state index contributed by atoms with van der Waals surface area (Å²) in [6.45, 7) is 1.60. The van der Waals surface area contributed by atoms with Crippen molar-refractivity contribution >= 4 is 50.1 Å². The van der Waals surface area contributed by atoms with Crippen molar-refractivity contribution in [3.05, 3.63) is 75.7 Å². The van der Waals surface area contributed by atoms with Crippen molar-refractivity contribution in [3.63, 3.8) is 0 Å². The fourth-order valence-electron chi connectivity index (χ4n) is 2.46. The molecule has 7 heteroatoms. The standard InChI is InChI=1S/C20H16BrClN2O3/c1-12(27-16-8-6-13-4-2-3-5-14(13)10-16)19(25)23-24-20(26)17-9-7-15(21)11-18(17)22/h2-12H,1H3,(H,23,25)(H,24,26). The quantitative estimate of drug-likeness (QED) is 0.579. The van der Waals surface area contributed by atoms with E-state index in [4.69, 9.17) is 16.3 Å². The number of rotatable bonds is 4. The minimum absolute atomic E-state index is 0.253. The van der Waals surface area contributed by atoms with Gasteiger partial charge in [-0.05, 0) is 48.0 Å². The summed E-state index contributed by atoms with van der Waals surface area (Å²) in [4.78, 5) is 24.3. The second-order valence-electron chi connectivity index (χ2n) is 5.84. The number of carbonyl (C=O) groups excluding carboxylic acids is 2. The molecule has 0 aliphatic heterocycles. The van der Waals surface area contributed by atoms with E-state index in [0.29, 0.717) is 5.75 Å². The molecule has 27 heavy (non-hydrogen) atoms. The van der Waals surface area contributed by atoms with Gasteiger partial charge in [-0.1, -0.05) is 57.9 Å². The van der Waals surface area contributed by atoms with Crippen LogP contribution in [0, 0.1) is 0 Å². The molecule has 5 nitrogen and oxygen atoms in total. The van der Waals surface area contributed by atoms with Crippen molar-refractivity contribution in [2.24, 2.45) is 0 Å². The number of fused-ring (bicyclic) bond motifs is 1. The lowest BCUT2D eigenvalue weighted by molar-refractivity contribution is -0.128. The van der Waals surface area contributed by atoms with Crippen LogP contribution in [-0.4, -0.2) is 17.9 Å². The molecular formula is C20H16BrClN2O3. The van der Waals surface area contributed by atoms with E-state index in [1.165, 1.54) is 0 Å². The zero-order valence-corrected chi connectivity index (χ0v) is 16.7. The molecule has 1 unspecified atom stereocenters. The Morgan fingerprint density at radius 3 is 2.48 bits per heavy atom. The van der Waals surface area contributed by atoms with E-state index in [0.717, 1.165) is 15.2 Å². The highest BCUT2D eigenvalue weighted by atomic mass is 79.9. The largest absolute Gasteiger partial charge is 0.481 e. The van der Waals surface area contributed by atoms with Crippen molar-refractivity contribution < 1.29 is 14.3 Å². The van der Waals surface area contributed by atoms with E-state index in [1.54, 1.807) is 31.2 Å². The number of nitrogens with one attached hydrogen (secondary N) is 2. The molecule has 3 aromatic carbocycles. The van der Waals surface area contributed by atoms with Crippen molar-refractivity contribution in [2.75, 3.05) is 0 Å². The Morgan fingerprint density at radius 2 is 1.74 bits per heavy atom. The van der Waals surface area contributed by atoms with Gasteiger partial charge in [0.2, 0.25) is 0 Å². The highest BCUT2D eigenvalue weighted by molar-refractivity contribution is 9.10. The van der Waals surface area contributed by atoms with Crippen LogP contribution >= 0.6 is 27.5 Å². The summed E-state index contributed by atoms with van der Waals surface area (Å²) in [6, 6.07) is 18.3. The van der Waals surface area contributed by atoms with Crippen molar-refractivity contribution in [3.8, 4) is 5.75 Å². The third-order valence-electron chi connectivity index (χ3n) is 3.88. The first-order chi connectivity index (χ1) is 12.9. The summed E-state index contributed by atoms with van der Waals surface area (Å²) >= 11 is 9.30. The Kier molecular flexibility index (Phi) is 5.98. The van der Waals surface area contributed by atoms with Crippen molar-refractivity contribution in [1.29, 1.82) is 0 Å². The van der Waals surface area contributed by atoms with E-state index < -0.39 is 17.9 Å². The molecule has 0 heterocycles. The predicted molar refractivity (Wildman–Crippen MR) is 109 cm³/mol. The first kappa shape index (κ1) is 19.2. The van der Waals surface area contributed by atoms with Gasteiger partial charge in [0.1, 0.15) is 5.75 Å². The summed E-state index contributed by atoms with van der Waals surface area (Å²) in [5, 5.41) is 2.37. The van der Waals surface area contributed by atoms with Gasteiger partial charge in [0, 0.05) is 4.47 Å². The Hall–Kier alpha value is -2.57. The van der Waals surface area contributed by atoms with Gasteiger partial charge in [0.15, 0.2) is 6.10 Å². The number of ether oxygens (including phenoxy) is 1. The summed E-state index contributed by atoms with van der Waals surface area (Å²) in [7, 11) is 0. The van der Waals surface area contributed by atoms with Crippen LogP contribution in [0.1, 0.15) is 17.3 Å². The molecular weight excluding hydrogens is 432 g/mol. The van der Waals surface area contributed by atoms with Crippen LogP contribution in [0.5, 0.6) is 5.75 Å². The molecule has 2 amide bonds. The third kappa shape index (κ3) is 4.78. The van der Waals surface area contributed by atoms with Crippen molar-refractivity contribution in [2.45, 2.75) is 13.0 Å². The van der Waals surface area contributed by atoms with E-state index >= 15 is 0 Å². The van der Waals surface area contributed by atoms with Gasteiger partial charge in [-0.15, -0.1) is 0 Å². The van der Waals surface area contributed by atoms with Crippen LogP contribution in [-0.2, 0) is 4.79 Å². The Balaban J connectivity index is 1.59. The lowest BCUT2D eigenvalue weighted by Gasteiger charge is -2.16. The Labute approximate surface area is 169 Å². The second kappa shape index (κ2) is 8.41. The summed E-state index contributed by atoms with van der Waals surface area (Å²) in [5.74, 6) is -0.429. The molecule has 3 rings (SSSR count). The van der Waals surface area contributed by atoms with Crippen LogP contribution in [0.4, 0.5) is 0 Å². The van der Waals surface area contributed by atoms with Gasteiger partial charge >= 0.3 is 0 Å². The van der Waals surface area contributed by atoms with Gasteiger partial charge in [0.25, 0.3) is 11.8 Å². The number of hydrogen-bond acceptors (Lipinski definition) is 3. The number of amides is 2. The molecule has 0 saturated carbocycles. The highest BCUT2D eigenvalue weighted by Gasteiger charge is 2.17. The number of hydrazine groups is 1. The molecule has 0 aliphatic carbocycles. The zero-order valence-electron chi connectivity index (χ0n) is 14.3. The lowest BCUT2D eigenvalue weighted by atomic mass is 10.1. The summed E-state index contributed by atoms with van der Waals surface area (Å²) < 4.78 is 6.42. The Morgan fingerprint density at radius 1 is 1.00 bits per heavy atom.